The van der Waals surface area contributed by atoms with Crippen LogP contribution in [0.15, 0.2) is 42.5 Å². The summed E-state index contributed by atoms with van der Waals surface area (Å²) in [5, 5.41) is 4.71. The molecular formula is C25H31N3O5. The molecular weight excluding hydrogens is 422 g/mol. The molecule has 2 aromatic rings. The molecule has 0 aromatic heterocycles. The summed E-state index contributed by atoms with van der Waals surface area (Å²) in [6, 6.07) is 13.6. The van der Waals surface area contributed by atoms with Crippen LogP contribution < -0.4 is 5.32 Å². The predicted molar refractivity (Wildman–Crippen MR) is 124 cm³/mol. The van der Waals surface area contributed by atoms with Crippen LogP contribution in [-0.2, 0) is 30.3 Å². The lowest BCUT2D eigenvalue weighted by molar-refractivity contribution is -0.152. The molecule has 0 aliphatic carbocycles. The molecule has 0 radical (unpaired) electrons. The Morgan fingerprint density at radius 3 is 2.67 bits per heavy atom. The minimum Gasteiger partial charge on any atom is -0.466 e. The van der Waals surface area contributed by atoms with E-state index < -0.39 is 0 Å². The van der Waals surface area contributed by atoms with Gasteiger partial charge in [-0.1, -0.05) is 42.5 Å². The molecule has 2 aromatic carbocycles. The van der Waals surface area contributed by atoms with Gasteiger partial charge in [0.25, 0.3) is 0 Å². The molecule has 8 nitrogen and oxygen atoms in total. The number of piperidine rings is 1. The number of likely N-dealkylation sites (tertiary alicyclic amines) is 1. The van der Waals surface area contributed by atoms with Gasteiger partial charge in [-0.15, -0.1) is 0 Å². The highest BCUT2D eigenvalue weighted by atomic mass is 16.5. The van der Waals surface area contributed by atoms with Gasteiger partial charge >= 0.3 is 5.97 Å². The Morgan fingerprint density at radius 1 is 1.12 bits per heavy atom. The maximum Gasteiger partial charge on any atom is 0.310 e. The second-order valence-electron chi connectivity index (χ2n) is 8.27. The second-order valence-corrected chi connectivity index (χ2v) is 8.27. The van der Waals surface area contributed by atoms with Gasteiger partial charge in [-0.3, -0.25) is 19.2 Å². The molecule has 0 spiro atoms. The fourth-order valence-electron chi connectivity index (χ4n) is 4.04. The third kappa shape index (κ3) is 6.54. The molecule has 3 amide bonds. The fourth-order valence-corrected chi connectivity index (χ4v) is 4.04. The van der Waals surface area contributed by atoms with Crippen LogP contribution in [0.2, 0.25) is 0 Å². The average molecular weight is 454 g/mol. The van der Waals surface area contributed by atoms with E-state index in [1.54, 1.807) is 11.8 Å². The highest BCUT2D eigenvalue weighted by molar-refractivity contribution is 5.92. The van der Waals surface area contributed by atoms with Gasteiger partial charge in [-0.25, -0.2) is 0 Å². The van der Waals surface area contributed by atoms with Crippen molar-refractivity contribution in [2.45, 2.75) is 26.2 Å². The zero-order valence-corrected chi connectivity index (χ0v) is 19.2. The lowest BCUT2D eigenvalue weighted by atomic mass is 9.98. The summed E-state index contributed by atoms with van der Waals surface area (Å²) < 4.78 is 5.07. The number of nitrogens with one attached hydrogen (secondary N) is 1. The number of carbonyl (C=O) groups excluding carboxylic acids is 4. The van der Waals surface area contributed by atoms with Gasteiger partial charge in [-0.05, 0) is 36.1 Å². The summed E-state index contributed by atoms with van der Waals surface area (Å²) in [6.45, 7) is 2.64. The van der Waals surface area contributed by atoms with Crippen LogP contribution in [0.3, 0.4) is 0 Å². The Morgan fingerprint density at radius 2 is 1.88 bits per heavy atom. The summed E-state index contributed by atoms with van der Waals surface area (Å²) in [4.78, 5) is 52.4. The maximum atomic E-state index is 12.6. The molecule has 1 atom stereocenters. The number of carbonyl (C=O) groups is 4. The number of nitrogens with zero attached hydrogens (tertiary/aromatic N) is 2. The van der Waals surface area contributed by atoms with Crippen molar-refractivity contribution in [2.75, 3.05) is 39.8 Å². The van der Waals surface area contributed by atoms with Crippen LogP contribution in [0.4, 0.5) is 0 Å². The van der Waals surface area contributed by atoms with Crippen LogP contribution in [0.25, 0.3) is 10.8 Å². The van der Waals surface area contributed by atoms with Crippen LogP contribution in [-0.4, -0.2) is 73.3 Å². The Hall–Kier alpha value is -3.42. The fraction of sp³-hybridized carbons (Fsp3) is 0.440. The predicted octanol–water partition coefficient (Wildman–Crippen LogP) is 1.76. The van der Waals surface area contributed by atoms with Crippen LogP contribution >= 0.6 is 0 Å². The molecule has 0 saturated carbocycles. The number of hydrogen-bond acceptors (Lipinski definition) is 5. The van der Waals surface area contributed by atoms with E-state index in [0.717, 1.165) is 22.8 Å². The van der Waals surface area contributed by atoms with Crippen molar-refractivity contribution in [3.8, 4) is 0 Å². The zero-order chi connectivity index (χ0) is 23.8. The van der Waals surface area contributed by atoms with Crippen molar-refractivity contribution in [2.24, 2.45) is 5.92 Å². The largest absolute Gasteiger partial charge is 0.466 e. The van der Waals surface area contributed by atoms with Gasteiger partial charge in [0.1, 0.15) is 0 Å². The first-order chi connectivity index (χ1) is 15.9. The standard InChI is InChI=1S/C25H31N3O5/c1-3-33-25(32)20-11-7-13-28(16-20)24(31)17-27(2)23(30)15-26-22(29)14-19-10-6-9-18-8-4-5-12-21(18)19/h4-6,8-10,12,20H,3,7,11,13-17H2,1-2H3,(H,26,29). The van der Waals surface area contributed by atoms with E-state index in [0.29, 0.717) is 26.1 Å². The number of rotatable bonds is 8. The number of likely N-dealkylation sites (N-methyl/N-ethyl adjacent to an activating group) is 1. The molecule has 1 saturated heterocycles. The van der Waals surface area contributed by atoms with Gasteiger partial charge in [-0.2, -0.15) is 0 Å². The summed E-state index contributed by atoms with van der Waals surface area (Å²) in [5.41, 5.74) is 0.892. The third-order valence-corrected chi connectivity index (χ3v) is 5.86. The molecule has 3 rings (SSSR count). The Bertz CT molecular complexity index is 1020. The summed E-state index contributed by atoms with van der Waals surface area (Å²) >= 11 is 0. The quantitative estimate of drug-likeness (QED) is 0.615. The van der Waals surface area contributed by atoms with E-state index in [-0.39, 0.29) is 49.1 Å². The first kappa shape index (κ1) is 24.2. The molecule has 0 bridgehead atoms. The number of esters is 1. The van der Waals surface area contributed by atoms with Crippen LogP contribution in [0.1, 0.15) is 25.3 Å². The van der Waals surface area contributed by atoms with E-state index in [1.165, 1.54) is 11.9 Å². The van der Waals surface area contributed by atoms with Crippen molar-refractivity contribution in [1.29, 1.82) is 0 Å². The highest BCUT2D eigenvalue weighted by Gasteiger charge is 2.30. The topological polar surface area (TPSA) is 96.0 Å². The third-order valence-electron chi connectivity index (χ3n) is 5.86. The van der Waals surface area contributed by atoms with Crippen LogP contribution in [0, 0.1) is 5.92 Å². The molecule has 1 heterocycles. The van der Waals surface area contributed by atoms with E-state index in [9.17, 15) is 19.2 Å². The Kier molecular flexibility index (Phi) is 8.40. The SMILES string of the molecule is CCOC(=O)C1CCCN(C(=O)CN(C)C(=O)CNC(=O)Cc2cccc3ccccc23)C1. The first-order valence-corrected chi connectivity index (χ1v) is 11.3. The van der Waals surface area contributed by atoms with Crippen molar-refractivity contribution < 1.29 is 23.9 Å². The normalized spacial score (nSPS) is 15.7. The first-order valence-electron chi connectivity index (χ1n) is 11.3. The molecule has 1 aliphatic rings. The molecule has 1 unspecified atom stereocenters. The Labute approximate surface area is 193 Å². The maximum absolute atomic E-state index is 12.6. The number of hydrogen-bond donors (Lipinski definition) is 1. The van der Waals surface area contributed by atoms with Crippen molar-refractivity contribution in [3.63, 3.8) is 0 Å². The summed E-state index contributed by atoms with van der Waals surface area (Å²) in [6.07, 6.45) is 1.58. The van der Waals surface area contributed by atoms with Gasteiger partial charge < -0.3 is 19.9 Å². The number of benzene rings is 2. The molecule has 8 heteroatoms. The van der Waals surface area contributed by atoms with Gasteiger partial charge in [0.2, 0.25) is 17.7 Å². The van der Waals surface area contributed by atoms with E-state index in [4.69, 9.17) is 4.74 Å². The van der Waals surface area contributed by atoms with E-state index in [2.05, 4.69) is 5.32 Å². The van der Waals surface area contributed by atoms with E-state index in [1.807, 2.05) is 42.5 Å². The molecule has 1 aliphatic heterocycles. The number of fused-ring (bicyclic) bond motifs is 1. The summed E-state index contributed by atoms with van der Waals surface area (Å²) in [5.74, 6) is -1.44. The zero-order valence-electron chi connectivity index (χ0n) is 19.2. The molecule has 33 heavy (non-hydrogen) atoms. The lowest BCUT2D eigenvalue weighted by Crippen LogP contribution is -2.48. The molecule has 176 valence electrons. The second kappa shape index (κ2) is 11.4. The molecule has 1 fully saturated rings. The van der Waals surface area contributed by atoms with Crippen molar-refractivity contribution in [1.82, 2.24) is 15.1 Å². The van der Waals surface area contributed by atoms with Gasteiger partial charge in [0, 0.05) is 20.1 Å². The smallest absolute Gasteiger partial charge is 0.310 e. The highest BCUT2D eigenvalue weighted by Crippen LogP contribution is 2.19. The van der Waals surface area contributed by atoms with Gasteiger partial charge in [0.05, 0.1) is 32.0 Å². The Balaban J connectivity index is 1.46. The van der Waals surface area contributed by atoms with Crippen LogP contribution in [0.5, 0.6) is 0 Å². The lowest BCUT2D eigenvalue weighted by Gasteiger charge is -2.32. The summed E-state index contributed by atoms with van der Waals surface area (Å²) in [7, 11) is 1.53. The minimum atomic E-state index is -0.353. The number of amides is 3. The van der Waals surface area contributed by atoms with Crippen molar-refractivity contribution >= 4 is 34.5 Å². The monoisotopic (exact) mass is 453 g/mol. The number of ether oxygens (including phenoxy) is 1. The van der Waals surface area contributed by atoms with Gasteiger partial charge in [0.15, 0.2) is 0 Å². The average Bonchev–Trinajstić information content (AvgIpc) is 2.83. The van der Waals surface area contributed by atoms with E-state index >= 15 is 0 Å². The minimum absolute atomic E-state index is 0.104. The van der Waals surface area contributed by atoms with Crippen molar-refractivity contribution in [3.05, 3.63) is 48.0 Å². The molecule has 1 N–H and O–H groups in total.